The van der Waals surface area contributed by atoms with Crippen LogP contribution in [0.2, 0.25) is 0 Å². The van der Waals surface area contributed by atoms with Crippen LogP contribution >= 0.6 is 0 Å². The Labute approximate surface area is 138 Å². The van der Waals surface area contributed by atoms with Crippen LogP contribution in [0.3, 0.4) is 0 Å². The van der Waals surface area contributed by atoms with Crippen LogP contribution in [0, 0.1) is 0 Å². The highest BCUT2D eigenvalue weighted by atomic mass is 16.5. The lowest BCUT2D eigenvalue weighted by Gasteiger charge is -2.10. The fraction of sp³-hybridized carbons (Fsp3) is 0.500. The van der Waals surface area contributed by atoms with Gasteiger partial charge in [-0.3, -0.25) is 4.90 Å². The number of hydrogen-bond donors (Lipinski definition) is 0. The molecule has 1 aliphatic rings. The summed E-state index contributed by atoms with van der Waals surface area (Å²) in [6.07, 6.45) is 6.37. The van der Waals surface area contributed by atoms with Crippen molar-refractivity contribution in [2.24, 2.45) is 0 Å². The SMILES string of the molecule is CN(Cc1noc(C2CCCC2)n1)Cc1nc(-c2ccco2)no1. The fourth-order valence-corrected chi connectivity index (χ4v) is 3.02. The van der Waals surface area contributed by atoms with Gasteiger partial charge < -0.3 is 13.5 Å². The molecular formula is C16H19N5O3. The summed E-state index contributed by atoms with van der Waals surface area (Å²) in [6.45, 7) is 1.07. The molecule has 0 bridgehead atoms. The third kappa shape index (κ3) is 3.23. The highest BCUT2D eigenvalue weighted by Gasteiger charge is 2.23. The van der Waals surface area contributed by atoms with Gasteiger partial charge in [0.05, 0.1) is 19.4 Å². The maximum Gasteiger partial charge on any atom is 0.241 e. The zero-order chi connectivity index (χ0) is 16.4. The molecule has 0 saturated heterocycles. The van der Waals surface area contributed by atoms with E-state index in [0.717, 1.165) is 18.7 Å². The maximum absolute atomic E-state index is 5.40. The Morgan fingerprint density at radius 3 is 2.79 bits per heavy atom. The predicted molar refractivity (Wildman–Crippen MR) is 82.7 cm³/mol. The first-order valence-corrected chi connectivity index (χ1v) is 8.15. The molecule has 0 N–H and O–H groups in total. The van der Waals surface area contributed by atoms with Gasteiger partial charge in [-0.15, -0.1) is 0 Å². The van der Waals surface area contributed by atoms with Crippen molar-refractivity contribution in [2.45, 2.75) is 44.7 Å². The first-order chi connectivity index (χ1) is 11.8. The van der Waals surface area contributed by atoms with Crippen LogP contribution in [-0.4, -0.2) is 32.2 Å². The molecule has 0 aliphatic heterocycles. The van der Waals surface area contributed by atoms with Crippen molar-refractivity contribution in [3.63, 3.8) is 0 Å². The summed E-state index contributed by atoms with van der Waals surface area (Å²) in [4.78, 5) is 10.8. The van der Waals surface area contributed by atoms with Gasteiger partial charge in [0, 0.05) is 5.92 Å². The van der Waals surface area contributed by atoms with Crippen molar-refractivity contribution in [1.29, 1.82) is 0 Å². The Bertz CT molecular complexity index is 773. The molecule has 0 aromatic carbocycles. The van der Waals surface area contributed by atoms with Gasteiger partial charge in [-0.2, -0.15) is 9.97 Å². The van der Waals surface area contributed by atoms with Gasteiger partial charge in [0.1, 0.15) is 0 Å². The second-order valence-electron chi connectivity index (χ2n) is 6.19. The fourth-order valence-electron chi connectivity index (χ4n) is 3.02. The molecule has 1 fully saturated rings. The molecule has 0 unspecified atom stereocenters. The molecule has 24 heavy (non-hydrogen) atoms. The lowest BCUT2D eigenvalue weighted by atomic mass is 10.1. The lowest BCUT2D eigenvalue weighted by Crippen LogP contribution is -2.18. The second-order valence-corrected chi connectivity index (χ2v) is 6.19. The summed E-state index contributed by atoms with van der Waals surface area (Å²) in [5.74, 6) is 3.45. The molecular weight excluding hydrogens is 310 g/mol. The average molecular weight is 329 g/mol. The van der Waals surface area contributed by atoms with Crippen molar-refractivity contribution >= 4 is 0 Å². The molecule has 0 amide bonds. The van der Waals surface area contributed by atoms with Gasteiger partial charge in [0.25, 0.3) is 0 Å². The Balaban J connectivity index is 1.35. The molecule has 8 nitrogen and oxygen atoms in total. The zero-order valence-corrected chi connectivity index (χ0v) is 13.5. The number of aromatic nitrogens is 4. The third-order valence-electron chi connectivity index (χ3n) is 4.21. The van der Waals surface area contributed by atoms with Gasteiger partial charge >= 0.3 is 0 Å². The quantitative estimate of drug-likeness (QED) is 0.681. The summed E-state index contributed by atoms with van der Waals surface area (Å²) in [5.41, 5.74) is 0. The lowest BCUT2D eigenvalue weighted by molar-refractivity contribution is 0.252. The highest BCUT2D eigenvalue weighted by Crippen LogP contribution is 2.32. The summed E-state index contributed by atoms with van der Waals surface area (Å²) < 4.78 is 15.9. The molecule has 1 saturated carbocycles. The van der Waals surface area contributed by atoms with E-state index in [4.69, 9.17) is 13.5 Å². The van der Waals surface area contributed by atoms with Crippen LogP contribution in [0.1, 0.15) is 49.2 Å². The number of hydrogen-bond acceptors (Lipinski definition) is 8. The molecule has 0 radical (unpaired) electrons. The Morgan fingerprint density at radius 1 is 1.12 bits per heavy atom. The van der Waals surface area contributed by atoms with Gasteiger partial charge in [-0.1, -0.05) is 23.2 Å². The van der Waals surface area contributed by atoms with E-state index in [1.165, 1.54) is 12.8 Å². The molecule has 126 valence electrons. The van der Waals surface area contributed by atoms with E-state index in [1.807, 2.05) is 11.9 Å². The number of furan rings is 1. The Hall–Kier alpha value is -2.48. The van der Waals surface area contributed by atoms with Crippen molar-refractivity contribution in [1.82, 2.24) is 25.2 Å². The Morgan fingerprint density at radius 2 is 2.00 bits per heavy atom. The topological polar surface area (TPSA) is 94.2 Å². The van der Waals surface area contributed by atoms with Crippen molar-refractivity contribution in [3.8, 4) is 11.6 Å². The average Bonchev–Trinajstić information content (AvgIpc) is 3.35. The summed E-state index contributed by atoms with van der Waals surface area (Å²) in [6, 6.07) is 3.58. The minimum absolute atomic E-state index is 0.434. The van der Waals surface area contributed by atoms with Gasteiger partial charge in [0.2, 0.25) is 17.6 Å². The van der Waals surface area contributed by atoms with Crippen LogP contribution in [0.15, 0.2) is 31.9 Å². The first-order valence-electron chi connectivity index (χ1n) is 8.15. The smallest absolute Gasteiger partial charge is 0.241 e. The monoisotopic (exact) mass is 329 g/mol. The molecule has 3 aromatic rings. The molecule has 1 aliphatic carbocycles. The van der Waals surface area contributed by atoms with E-state index >= 15 is 0 Å². The van der Waals surface area contributed by atoms with Crippen LogP contribution in [0.5, 0.6) is 0 Å². The van der Waals surface area contributed by atoms with Gasteiger partial charge in [0.15, 0.2) is 11.6 Å². The van der Waals surface area contributed by atoms with Crippen molar-refractivity contribution in [3.05, 3.63) is 36.0 Å². The van der Waals surface area contributed by atoms with Gasteiger partial charge in [-0.25, -0.2) is 0 Å². The van der Waals surface area contributed by atoms with E-state index in [-0.39, 0.29) is 0 Å². The van der Waals surface area contributed by atoms with Gasteiger partial charge in [-0.05, 0) is 32.0 Å². The minimum Gasteiger partial charge on any atom is -0.461 e. The number of rotatable bonds is 6. The molecule has 4 rings (SSSR count). The summed E-state index contributed by atoms with van der Waals surface area (Å²) >= 11 is 0. The second kappa shape index (κ2) is 6.56. The first kappa shape index (κ1) is 15.1. The molecule has 0 atom stereocenters. The predicted octanol–water partition coefficient (Wildman–Crippen LogP) is 3.00. The molecule has 3 aromatic heterocycles. The summed E-state index contributed by atoms with van der Waals surface area (Å²) in [7, 11) is 1.95. The number of nitrogens with zero attached hydrogens (tertiary/aromatic N) is 5. The van der Waals surface area contributed by atoms with Crippen molar-refractivity contribution < 1.29 is 13.5 Å². The zero-order valence-electron chi connectivity index (χ0n) is 13.5. The van der Waals surface area contributed by atoms with Crippen LogP contribution in [0.25, 0.3) is 11.6 Å². The van der Waals surface area contributed by atoms with Crippen LogP contribution in [0.4, 0.5) is 0 Å². The normalized spacial score (nSPS) is 15.6. The Kier molecular flexibility index (Phi) is 4.12. The standard InChI is InChI=1S/C16H19N5O3/c1-21(9-13-17-16(24-19-13)11-5-2-3-6-11)10-14-18-15(20-23-14)12-7-4-8-22-12/h4,7-8,11H,2-3,5-6,9-10H2,1H3. The van der Waals surface area contributed by atoms with E-state index in [0.29, 0.717) is 42.3 Å². The molecule has 0 spiro atoms. The van der Waals surface area contributed by atoms with Crippen LogP contribution in [-0.2, 0) is 13.1 Å². The maximum atomic E-state index is 5.40. The highest BCUT2D eigenvalue weighted by molar-refractivity contribution is 5.44. The molecule has 3 heterocycles. The van der Waals surface area contributed by atoms with E-state index < -0.39 is 0 Å². The van der Waals surface area contributed by atoms with E-state index in [9.17, 15) is 0 Å². The summed E-state index contributed by atoms with van der Waals surface area (Å²) in [5, 5.41) is 8.00. The van der Waals surface area contributed by atoms with Crippen LogP contribution < -0.4 is 0 Å². The van der Waals surface area contributed by atoms with E-state index in [1.54, 1.807) is 18.4 Å². The third-order valence-corrected chi connectivity index (χ3v) is 4.21. The molecule has 8 heteroatoms. The van der Waals surface area contributed by atoms with Crippen molar-refractivity contribution in [2.75, 3.05) is 7.05 Å². The minimum atomic E-state index is 0.434. The van der Waals surface area contributed by atoms with E-state index in [2.05, 4.69) is 20.3 Å². The largest absolute Gasteiger partial charge is 0.461 e.